The van der Waals surface area contributed by atoms with E-state index in [4.69, 9.17) is 29.4 Å². The van der Waals surface area contributed by atoms with Gasteiger partial charge >= 0.3 is 24.2 Å². The van der Waals surface area contributed by atoms with Gasteiger partial charge in [-0.25, -0.2) is 14.4 Å². The highest BCUT2D eigenvalue weighted by atomic mass is 16.7. The van der Waals surface area contributed by atoms with Crippen molar-refractivity contribution in [2.45, 2.75) is 72.4 Å². The van der Waals surface area contributed by atoms with Crippen molar-refractivity contribution in [2.75, 3.05) is 13.2 Å². The first-order valence-electron chi connectivity index (χ1n) is 14.4. The number of carboxylic acids is 1. The summed E-state index contributed by atoms with van der Waals surface area (Å²) in [5.41, 5.74) is 6.83. The lowest BCUT2D eigenvalue weighted by Gasteiger charge is -2.31. The van der Waals surface area contributed by atoms with Crippen molar-refractivity contribution < 1.29 is 48.0 Å². The normalized spacial score (nSPS) is 15.1. The summed E-state index contributed by atoms with van der Waals surface area (Å²) in [6.07, 6.45) is -1.23. The average Bonchev–Trinajstić information content (AvgIpc) is 2.99. The van der Waals surface area contributed by atoms with Gasteiger partial charge in [-0.05, 0) is 48.6 Å². The Bertz CT molecular complexity index is 1220. The number of nitrogens with two attached hydrogens (primary N) is 1. The minimum Gasteiger partial charge on any atom is -0.480 e. The second kappa shape index (κ2) is 17.1. The molecule has 2 aromatic rings. The van der Waals surface area contributed by atoms with E-state index >= 15 is 0 Å². The zero-order valence-electron chi connectivity index (χ0n) is 25.6. The van der Waals surface area contributed by atoms with E-state index in [9.17, 15) is 24.3 Å². The molecule has 5 unspecified atom stereocenters. The maximum atomic E-state index is 12.7. The molecule has 0 saturated heterocycles. The Kier molecular flexibility index (Phi) is 14.0. The van der Waals surface area contributed by atoms with Crippen LogP contribution in [0.3, 0.4) is 0 Å². The van der Waals surface area contributed by atoms with Crippen LogP contribution in [0.25, 0.3) is 0 Å². The Hall–Kier alpha value is -4.12. The third-order valence-corrected chi connectivity index (χ3v) is 7.39. The van der Waals surface area contributed by atoms with E-state index in [0.29, 0.717) is 11.1 Å². The molecule has 0 aromatic heterocycles. The molecule has 2 aromatic carbocycles. The molecule has 0 radical (unpaired) electrons. The van der Waals surface area contributed by atoms with Crippen LogP contribution < -0.4 is 15.2 Å². The molecular formula is C32H43NO10. The average molecular weight is 602 g/mol. The molecule has 0 fully saturated rings. The van der Waals surface area contributed by atoms with Crippen molar-refractivity contribution in [1.82, 2.24) is 0 Å². The maximum Gasteiger partial charge on any atom is 0.513 e. The molecule has 11 nitrogen and oxygen atoms in total. The molecule has 2 rings (SSSR count). The molecular weight excluding hydrogens is 558 g/mol. The lowest BCUT2D eigenvalue weighted by Crippen LogP contribution is -2.42. The Morgan fingerprint density at radius 2 is 1.33 bits per heavy atom. The van der Waals surface area contributed by atoms with Gasteiger partial charge in [0.2, 0.25) is 0 Å². The fourth-order valence-corrected chi connectivity index (χ4v) is 3.99. The molecule has 0 bridgehead atoms. The molecule has 0 aliphatic carbocycles. The maximum absolute atomic E-state index is 12.7. The number of carboxylic acid groups (broad SMARTS) is 1. The molecule has 0 spiro atoms. The van der Waals surface area contributed by atoms with Crippen LogP contribution >= 0.6 is 0 Å². The van der Waals surface area contributed by atoms with E-state index in [2.05, 4.69) is 0 Å². The van der Waals surface area contributed by atoms with Crippen LogP contribution in [0.5, 0.6) is 11.5 Å². The van der Waals surface area contributed by atoms with Gasteiger partial charge in [-0.1, -0.05) is 71.7 Å². The molecule has 0 amide bonds. The van der Waals surface area contributed by atoms with Gasteiger partial charge in [0.1, 0.15) is 12.1 Å². The third-order valence-electron chi connectivity index (χ3n) is 7.39. The van der Waals surface area contributed by atoms with Crippen LogP contribution in [0.2, 0.25) is 0 Å². The number of ether oxygens (including phenoxy) is 5. The number of hydrogen-bond donors (Lipinski definition) is 2. The minimum atomic E-state index is -1.43. The first kappa shape index (κ1) is 35.1. The number of esters is 1. The lowest BCUT2D eigenvalue weighted by atomic mass is 9.79. The van der Waals surface area contributed by atoms with Gasteiger partial charge in [0.05, 0.1) is 18.8 Å². The lowest BCUT2D eigenvalue weighted by molar-refractivity contribution is -0.139. The van der Waals surface area contributed by atoms with Crippen molar-refractivity contribution in [3.05, 3.63) is 59.7 Å². The van der Waals surface area contributed by atoms with Crippen LogP contribution in [0.15, 0.2) is 48.5 Å². The number of carbonyl (C=O) groups is 4. The summed E-state index contributed by atoms with van der Waals surface area (Å²) in [4.78, 5) is 49.7. The Morgan fingerprint density at radius 3 is 1.84 bits per heavy atom. The summed E-state index contributed by atoms with van der Waals surface area (Å²) >= 11 is 0. The minimum absolute atomic E-state index is 0.0871. The van der Waals surface area contributed by atoms with Gasteiger partial charge in [0.15, 0.2) is 11.5 Å². The van der Waals surface area contributed by atoms with Crippen molar-refractivity contribution in [3.8, 4) is 11.5 Å². The number of benzene rings is 2. The topological polar surface area (TPSA) is 161 Å². The smallest absolute Gasteiger partial charge is 0.480 e. The Morgan fingerprint density at radius 1 is 0.791 bits per heavy atom. The first-order valence-corrected chi connectivity index (χ1v) is 14.4. The third kappa shape index (κ3) is 10.9. The molecule has 0 heterocycles. The van der Waals surface area contributed by atoms with E-state index in [1.54, 1.807) is 44.2 Å². The number of aliphatic carboxylic acids is 1. The Balaban J connectivity index is 2.41. The van der Waals surface area contributed by atoms with Crippen molar-refractivity contribution >= 4 is 24.2 Å². The van der Waals surface area contributed by atoms with Crippen LogP contribution in [-0.2, 0) is 19.0 Å². The van der Waals surface area contributed by atoms with Crippen molar-refractivity contribution in [1.29, 1.82) is 0 Å². The predicted molar refractivity (Wildman–Crippen MR) is 158 cm³/mol. The monoisotopic (exact) mass is 601 g/mol. The van der Waals surface area contributed by atoms with Crippen LogP contribution in [0.1, 0.15) is 76.2 Å². The fourth-order valence-electron chi connectivity index (χ4n) is 3.99. The fraction of sp³-hybridized carbons (Fsp3) is 0.500. The summed E-state index contributed by atoms with van der Waals surface area (Å²) < 4.78 is 26.8. The summed E-state index contributed by atoms with van der Waals surface area (Å²) in [6, 6.07) is 11.2. The largest absolute Gasteiger partial charge is 0.513 e. The molecule has 3 N–H and O–H groups in total. The van der Waals surface area contributed by atoms with E-state index in [1.807, 2.05) is 27.7 Å². The van der Waals surface area contributed by atoms with Gasteiger partial charge in [0, 0.05) is 11.8 Å². The highest BCUT2D eigenvalue weighted by Crippen LogP contribution is 2.37. The van der Waals surface area contributed by atoms with Gasteiger partial charge in [-0.3, -0.25) is 4.79 Å². The predicted octanol–water partition coefficient (Wildman–Crippen LogP) is 6.19. The van der Waals surface area contributed by atoms with Gasteiger partial charge in [-0.15, -0.1) is 0 Å². The zero-order valence-corrected chi connectivity index (χ0v) is 25.6. The summed E-state index contributed by atoms with van der Waals surface area (Å²) in [7, 11) is 0. The molecule has 0 saturated carbocycles. The number of hydrogen-bond acceptors (Lipinski definition) is 10. The van der Waals surface area contributed by atoms with Crippen LogP contribution in [-0.4, -0.2) is 54.7 Å². The molecule has 0 aliphatic heterocycles. The standard InChI is InChI=1S/C32H43NO10/c1-7-19(3)17-39-31(37)42-25-15-14-24(16-26(25)43-32(38)40-18-20(4)8-2)27(28(33)29(34)35)21(5)22(6)41-30(36)23-12-10-9-11-13-23/h9-16,19-22,27-28H,7-8,17-18,33H2,1-6H3,(H,34,35)/t19?,20?,21?,22?,27?,28-/m0/s1. The Labute approximate surface area is 252 Å². The molecule has 236 valence electrons. The number of rotatable bonds is 15. The molecule has 43 heavy (non-hydrogen) atoms. The summed E-state index contributed by atoms with van der Waals surface area (Å²) in [5, 5.41) is 9.84. The zero-order chi connectivity index (χ0) is 32.1. The molecule has 0 aliphatic rings. The van der Waals surface area contributed by atoms with Crippen molar-refractivity contribution in [3.63, 3.8) is 0 Å². The van der Waals surface area contributed by atoms with E-state index in [1.165, 1.54) is 18.2 Å². The van der Waals surface area contributed by atoms with Gasteiger partial charge in [0.25, 0.3) is 0 Å². The SMILES string of the molecule is CCC(C)COC(=O)Oc1ccc(C(C(C)C(C)OC(=O)c2ccccc2)[C@H](N)C(=O)O)cc1OC(=O)OCC(C)CC. The highest BCUT2D eigenvalue weighted by Gasteiger charge is 2.36. The summed E-state index contributed by atoms with van der Waals surface area (Å²) in [5.74, 6) is -3.54. The molecule has 6 atom stereocenters. The highest BCUT2D eigenvalue weighted by molar-refractivity contribution is 5.89. The van der Waals surface area contributed by atoms with Crippen LogP contribution in [0, 0.1) is 17.8 Å². The van der Waals surface area contributed by atoms with E-state index < -0.39 is 48.2 Å². The van der Waals surface area contributed by atoms with Crippen LogP contribution in [0.4, 0.5) is 9.59 Å². The molecule has 11 heteroatoms. The van der Waals surface area contributed by atoms with Gasteiger partial charge < -0.3 is 34.5 Å². The van der Waals surface area contributed by atoms with Crippen molar-refractivity contribution in [2.24, 2.45) is 23.5 Å². The summed E-state index contributed by atoms with van der Waals surface area (Å²) in [6.45, 7) is 11.3. The second-order valence-corrected chi connectivity index (χ2v) is 10.8. The first-order chi connectivity index (χ1) is 20.4. The van der Waals surface area contributed by atoms with E-state index in [0.717, 1.165) is 12.8 Å². The second-order valence-electron chi connectivity index (χ2n) is 10.8. The number of carbonyl (C=O) groups excluding carboxylic acids is 3. The van der Waals surface area contributed by atoms with Gasteiger partial charge in [-0.2, -0.15) is 0 Å². The van der Waals surface area contributed by atoms with E-state index in [-0.39, 0.29) is 36.5 Å². The quantitative estimate of drug-likeness (QED) is 0.136.